The second kappa shape index (κ2) is 11.1. The highest BCUT2D eigenvalue weighted by Gasteiger charge is 2.82. The zero-order valence-electron chi connectivity index (χ0n) is 28.1. The minimum absolute atomic E-state index is 0.0682. The maximum atomic E-state index is 12.9. The highest BCUT2D eigenvalue weighted by atomic mass is 16.7. The molecular formula is C36H53NO8. The summed E-state index contributed by atoms with van der Waals surface area (Å²) in [6, 6.07) is 4.41. The molecule has 0 radical (unpaired) electrons. The number of ether oxygens (including phenoxy) is 6. The Hall–Kier alpha value is -1.91. The van der Waals surface area contributed by atoms with Gasteiger partial charge < -0.3 is 33.5 Å². The standard InChI is InChI=1S/C36H53NO8/c1-7-41-16-17-42-18-19-43-31(38)44-25-11-10-24-20-27-34-12-13-36(40-6,26(21-34)33(5,39)32(2,3)4)30-35(34,28(24)29(25)45-30)14-15-37(27)22-23-8-9-23/h10-11,23,26-27,30,39H,7-9,12-22H2,1-6H3/t26-,27-,30-,33+,34?,35?,36+/m1/s1. The van der Waals surface area contributed by atoms with Gasteiger partial charge in [0.1, 0.15) is 18.3 Å². The number of nitrogens with zero attached hydrogens (tertiary/aromatic N) is 1. The molecule has 4 bridgehead atoms. The van der Waals surface area contributed by atoms with Crippen LogP contribution in [0.3, 0.4) is 0 Å². The maximum absolute atomic E-state index is 12.9. The summed E-state index contributed by atoms with van der Waals surface area (Å²) in [7, 11) is 1.81. The molecule has 2 spiro atoms. The molecule has 2 heterocycles. The molecule has 2 unspecified atom stereocenters. The molecule has 0 amide bonds. The Balaban J connectivity index is 1.24. The third-order valence-corrected chi connectivity index (χ3v) is 13.1. The molecule has 1 aromatic carbocycles. The first-order chi connectivity index (χ1) is 21.4. The first-order valence-corrected chi connectivity index (χ1v) is 17.3. The van der Waals surface area contributed by atoms with Crippen molar-refractivity contribution in [2.75, 3.05) is 53.2 Å². The van der Waals surface area contributed by atoms with E-state index < -0.39 is 17.4 Å². The van der Waals surface area contributed by atoms with Crippen LogP contribution in [-0.2, 0) is 30.8 Å². The van der Waals surface area contributed by atoms with E-state index in [-0.39, 0.29) is 41.5 Å². The van der Waals surface area contributed by atoms with E-state index >= 15 is 0 Å². The largest absolute Gasteiger partial charge is 0.514 e. The minimum atomic E-state index is -0.986. The number of likely N-dealkylation sites (tertiary alicyclic amines) is 1. The summed E-state index contributed by atoms with van der Waals surface area (Å²) in [4.78, 5) is 15.7. The normalized spacial score (nSPS) is 35.8. The molecule has 1 N–H and O–H groups in total. The average molecular weight is 628 g/mol. The molecule has 8 rings (SSSR count). The van der Waals surface area contributed by atoms with Gasteiger partial charge in [-0.25, -0.2) is 4.79 Å². The molecule has 0 aromatic heterocycles. The van der Waals surface area contributed by atoms with Crippen LogP contribution in [0.5, 0.6) is 11.5 Å². The van der Waals surface area contributed by atoms with Crippen molar-refractivity contribution in [3.8, 4) is 11.5 Å². The molecule has 45 heavy (non-hydrogen) atoms. The fourth-order valence-electron chi connectivity index (χ4n) is 10.3. The number of carbonyl (C=O) groups is 1. The Morgan fingerprint density at radius 3 is 2.53 bits per heavy atom. The molecule has 7 aliphatic rings. The van der Waals surface area contributed by atoms with Gasteiger partial charge in [0.25, 0.3) is 0 Å². The topological polar surface area (TPSA) is 95.9 Å². The van der Waals surface area contributed by atoms with Crippen LogP contribution in [0.2, 0.25) is 0 Å². The van der Waals surface area contributed by atoms with Gasteiger partial charge in [-0.3, -0.25) is 4.90 Å². The summed E-state index contributed by atoms with van der Waals surface area (Å²) >= 11 is 0. The van der Waals surface area contributed by atoms with Gasteiger partial charge >= 0.3 is 6.16 Å². The van der Waals surface area contributed by atoms with Gasteiger partial charge in [-0.1, -0.05) is 26.8 Å². The van der Waals surface area contributed by atoms with Crippen molar-refractivity contribution >= 4 is 6.16 Å². The van der Waals surface area contributed by atoms with Gasteiger partial charge in [0.15, 0.2) is 11.5 Å². The number of carbonyl (C=O) groups excluding carboxylic acids is 1. The van der Waals surface area contributed by atoms with Crippen LogP contribution >= 0.6 is 0 Å². The summed E-state index contributed by atoms with van der Waals surface area (Å²) in [5, 5.41) is 12.4. The van der Waals surface area contributed by atoms with Crippen LogP contribution in [-0.4, -0.2) is 92.7 Å². The van der Waals surface area contributed by atoms with Gasteiger partial charge in [-0.15, -0.1) is 0 Å². The van der Waals surface area contributed by atoms with E-state index in [4.69, 9.17) is 28.4 Å². The summed E-state index contributed by atoms with van der Waals surface area (Å²) in [6.07, 6.45) is 6.31. The quantitative estimate of drug-likeness (QED) is 0.189. The zero-order valence-corrected chi connectivity index (χ0v) is 28.1. The Labute approximate surface area is 268 Å². The van der Waals surface area contributed by atoms with Crippen molar-refractivity contribution in [1.82, 2.24) is 4.90 Å². The summed E-state index contributed by atoms with van der Waals surface area (Å²) < 4.78 is 35.8. The van der Waals surface area contributed by atoms with Crippen molar-refractivity contribution in [2.24, 2.45) is 22.7 Å². The fourth-order valence-corrected chi connectivity index (χ4v) is 10.3. The summed E-state index contributed by atoms with van der Waals surface area (Å²) in [5.41, 5.74) is 0.160. The molecule has 250 valence electrons. The van der Waals surface area contributed by atoms with Gasteiger partial charge in [-0.05, 0) is 88.3 Å². The predicted molar refractivity (Wildman–Crippen MR) is 168 cm³/mol. The van der Waals surface area contributed by atoms with Crippen LogP contribution in [0, 0.1) is 22.7 Å². The predicted octanol–water partition coefficient (Wildman–Crippen LogP) is 5.28. The lowest BCUT2D eigenvalue weighted by atomic mass is 9.33. The van der Waals surface area contributed by atoms with E-state index in [1.165, 1.54) is 24.0 Å². The maximum Gasteiger partial charge on any atom is 0.514 e. The molecule has 9 nitrogen and oxygen atoms in total. The highest BCUT2D eigenvalue weighted by Crippen LogP contribution is 2.78. The third kappa shape index (κ3) is 4.54. The molecular weight excluding hydrogens is 574 g/mol. The van der Waals surface area contributed by atoms with Crippen molar-refractivity contribution in [3.63, 3.8) is 0 Å². The van der Waals surface area contributed by atoms with E-state index in [0.717, 1.165) is 51.1 Å². The number of rotatable bonds is 12. The van der Waals surface area contributed by atoms with E-state index in [9.17, 15) is 9.90 Å². The zero-order chi connectivity index (χ0) is 31.8. The lowest BCUT2D eigenvalue weighted by Gasteiger charge is -2.75. The summed E-state index contributed by atoms with van der Waals surface area (Å²) in [6.45, 7) is 14.5. The molecule has 9 heteroatoms. The second-order valence-electron chi connectivity index (χ2n) is 15.8. The van der Waals surface area contributed by atoms with Crippen LogP contribution in [0.25, 0.3) is 0 Å². The number of hydrogen-bond donors (Lipinski definition) is 1. The van der Waals surface area contributed by atoms with Gasteiger partial charge in [0, 0.05) is 48.6 Å². The Kier molecular flexibility index (Phi) is 7.80. The fraction of sp³-hybridized carbons (Fsp3) is 0.806. The number of hydrogen-bond acceptors (Lipinski definition) is 9. The average Bonchev–Trinajstić information content (AvgIpc) is 3.75. The van der Waals surface area contributed by atoms with Crippen molar-refractivity contribution in [3.05, 3.63) is 23.3 Å². The van der Waals surface area contributed by atoms with Crippen molar-refractivity contribution < 1.29 is 38.3 Å². The minimum Gasteiger partial charge on any atom is -0.482 e. The molecule has 2 aliphatic heterocycles. The van der Waals surface area contributed by atoms with Gasteiger partial charge in [0.05, 0.1) is 25.4 Å². The Morgan fingerprint density at radius 2 is 1.82 bits per heavy atom. The number of aliphatic hydroxyl groups is 1. The SMILES string of the molecule is CCOCCOCCOC(=O)Oc1ccc2c3c1O[C@@H]1C34CCN(CC3CC3)[C@H](C2)C42CC[C@]1(OC)[C@@H]([C@](C)(O)C(C)(C)C)C2. The lowest BCUT2D eigenvalue weighted by Crippen LogP contribution is -2.83. The van der Waals surface area contributed by atoms with Crippen molar-refractivity contribution in [1.29, 1.82) is 0 Å². The van der Waals surface area contributed by atoms with Gasteiger partial charge in [0.2, 0.25) is 0 Å². The van der Waals surface area contributed by atoms with Gasteiger partial charge in [-0.2, -0.15) is 0 Å². The first kappa shape index (κ1) is 31.7. The molecule has 5 aliphatic carbocycles. The monoisotopic (exact) mass is 627 g/mol. The Morgan fingerprint density at radius 1 is 1.07 bits per heavy atom. The molecule has 4 saturated carbocycles. The first-order valence-electron chi connectivity index (χ1n) is 17.3. The highest BCUT2D eigenvalue weighted by molar-refractivity contribution is 5.70. The lowest BCUT2D eigenvalue weighted by molar-refractivity contribution is -0.312. The van der Waals surface area contributed by atoms with Crippen LogP contribution in [0.1, 0.15) is 84.3 Å². The van der Waals surface area contributed by atoms with E-state index in [0.29, 0.717) is 37.4 Å². The van der Waals surface area contributed by atoms with E-state index in [1.54, 1.807) is 0 Å². The van der Waals surface area contributed by atoms with E-state index in [2.05, 4.69) is 31.7 Å². The molecule has 7 atom stereocenters. The Bertz CT molecular complexity index is 1300. The molecule has 5 fully saturated rings. The number of piperidine rings is 1. The number of benzene rings is 1. The molecule has 1 saturated heterocycles. The molecule has 1 aromatic rings. The number of fused-ring (bicyclic) bond motifs is 2. The van der Waals surface area contributed by atoms with Crippen LogP contribution in [0.4, 0.5) is 4.79 Å². The van der Waals surface area contributed by atoms with E-state index in [1.807, 2.05) is 27.0 Å². The third-order valence-electron chi connectivity index (χ3n) is 13.1. The summed E-state index contributed by atoms with van der Waals surface area (Å²) in [5.74, 6) is 1.76. The van der Waals surface area contributed by atoms with Crippen LogP contribution in [0.15, 0.2) is 12.1 Å². The van der Waals surface area contributed by atoms with Crippen LogP contribution < -0.4 is 9.47 Å². The smallest absolute Gasteiger partial charge is 0.482 e. The second-order valence-corrected chi connectivity index (χ2v) is 15.8. The number of methoxy groups -OCH3 is 1. The van der Waals surface area contributed by atoms with Crippen molar-refractivity contribution in [2.45, 2.75) is 108 Å².